The molecule has 2 amide bonds. The first-order valence-electron chi connectivity index (χ1n) is 8.35. The van der Waals surface area contributed by atoms with Gasteiger partial charge in [0.15, 0.2) is 0 Å². The van der Waals surface area contributed by atoms with Crippen molar-refractivity contribution in [1.82, 2.24) is 9.80 Å². The molecular formula is C17H23N3O4S. The van der Waals surface area contributed by atoms with Gasteiger partial charge in [0, 0.05) is 44.7 Å². The van der Waals surface area contributed by atoms with E-state index in [-0.39, 0.29) is 17.9 Å². The quantitative estimate of drug-likeness (QED) is 0.773. The molecule has 0 aliphatic carbocycles. The van der Waals surface area contributed by atoms with Gasteiger partial charge in [-0.25, -0.2) is 8.42 Å². The first kappa shape index (κ1) is 17.7. The van der Waals surface area contributed by atoms with Gasteiger partial charge >= 0.3 is 0 Å². The monoisotopic (exact) mass is 365 g/mol. The molecule has 0 spiro atoms. The number of carbonyl (C=O) groups excluding carboxylic acids is 2. The van der Waals surface area contributed by atoms with Crippen molar-refractivity contribution in [2.24, 2.45) is 0 Å². The summed E-state index contributed by atoms with van der Waals surface area (Å²) in [5.74, 6) is -0.0454. The molecule has 2 aliphatic heterocycles. The smallest absolute Gasteiger partial charge is 0.253 e. The molecule has 0 N–H and O–H groups in total. The van der Waals surface area contributed by atoms with Crippen molar-refractivity contribution < 1.29 is 18.0 Å². The summed E-state index contributed by atoms with van der Waals surface area (Å²) in [4.78, 5) is 27.6. The lowest BCUT2D eigenvalue weighted by Gasteiger charge is -2.34. The number of piperazine rings is 1. The van der Waals surface area contributed by atoms with Crippen LogP contribution in [-0.4, -0.2) is 68.5 Å². The third-order valence-corrected chi connectivity index (χ3v) is 6.12. The molecule has 1 fully saturated rings. The summed E-state index contributed by atoms with van der Waals surface area (Å²) in [5.41, 5.74) is 2.11. The fourth-order valence-corrected chi connectivity index (χ4v) is 4.91. The molecule has 1 saturated heterocycles. The Morgan fingerprint density at radius 1 is 1.08 bits per heavy atom. The lowest BCUT2D eigenvalue weighted by molar-refractivity contribution is -0.130. The van der Waals surface area contributed by atoms with Crippen molar-refractivity contribution in [1.29, 1.82) is 0 Å². The van der Waals surface area contributed by atoms with Crippen molar-refractivity contribution in [3.8, 4) is 0 Å². The summed E-state index contributed by atoms with van der Waals surface area (Å²) in [7, 11) is -3.33. The lowest BCUT2D eigenvalue weighted by Crippen LogP contribution is -2.50. The Balaban J connectivity index is 1.79. The van der Waals surface area contributed by atoms with Crippen molar-refractivity contribution in [2.45, 2.75) is 26.3 Å². The van der Waals surface area contributed by atoms with Gasteiger partial charge in [-0.05, 0) is 37.1 Å². The van der Waals surface area contributed by atoms with Gasteiger partial charge in [-0.3, -0.25) is 13.9 Å². The number of amides is 2. The van der Waals surface area contributed by atoms with Gasteiger partial charge in [0.05, 0.1) is 11.9 Å². The summed E-state index contributed by atoms with van der Waals surface area (Å²) in [6.07, 6.45) is 1.80. The number of benzene rings is 1. The van der Waals surface area contributed by atoms with Crippen molar-refractivity contribution in [3.63, 3.8) is 0 Å². The van der Waals surface area contributed by atoms with Crippen LogP contribution in [0.15, 0.2) is 18.2 Å². The number of rotatable bonds is 2. The standard InChI is InChI=1S/C17H23N3O4S/c1-12-10-15-11-14(4-5-16(15)20(12)25(3,23)24)17(22)19-8-6-18(7-9-19)13(2)21/h4-5,11-12H,6-10H2,1-3H3. The van der Waals surface area contributed by atoms with Gasteiger partial charge < -0.3 is 9.80 Å². The molecule has 0 aromatic heterocycles. The second kappa shape index (κ2) is 6.33. The molecule has 1 aromatic carbocycles. The van der Waals surface area contributed by atoms with Crippen LogP contribution in [0.4, 0.5) is 5.69 Å². The average molecular weight is 365 g/mol. The zero-order valence-corrected chi connectivity index (χ0v) is 15.5. The van der Waals surface area contributed by atoms with E-state index >= 15 is 0 Å². The number of hydrogen-bond acceptors (Lipinski definition) is 4. The molecule has 25 heavy (non-hydrogen) atoms. The first-order chi connectivity index (χ1) is 11.7. The molecule has 1 atom stereocenters. The average Bonchev–Trinajstić information content (AvgIpc) is 2.89. The Morgan fingerprint density at radius 2 is 1.68 bits per heavy atom. The molecular weight excluding hydrogens is 342 g/mol. The second-order valence-corrected chi connectivity index (χ2v) is 8.61. The predicted molar refractivity (Wildman–Crippen MR) is 95.1 cm³/mol. The van der Waals surface area contributed by atoms with Crippen LogP contribution in [0.5, 0.6) is 0 Å². The Kier molecular flexibility index (Phi) is 4.49. The lowest BCUT2D eigenvalue weighted by atomic mass is 10.1. The number of sulfonamides is 1. The minimum atomic E-state index is -3.33. The molecule has 0 bridgehead atoms. The van der Waals surface area contributed by atoms with Crippen LogP contribution >= 0.6 is 0 Å². The molecule has 3 rings (SSSR count). The Morgan fingerprint density at radius 3 is 2.24 bits per heavy atom. The van der Waals surface area contributed by atoms with E-state index in [0.29, 0.717) is 43.9 Å². The Bertz CT molecular complexity index is 813. The van der Waals surface area contributed by atoms with Gasteiger partial charge in [0.2, 0.25) is 15.9 Å². The van der Waals surface area contributed by atoms with Crippen LogP contribution < -0.4 is 4.31 Å². The van der Waals surface area contributed by atoms with Crippen LogP contribution in [0.25, 0.3) is 0 Å². The highest BCUT2D eigenvalue weighted by atomic mass is 32.2. The largest absolute Gasteiger partial charge is 0.339 e. The van der Waals surface area contributed by atoms with E-state index in [1.165, 1.54) is 17.5 Å². The van der Waals surface area contributed by atoms with Gasteiger partial charge in [-0.2, -0.15) is 0 Å². The van der Waals surface area contributed by atoms with Crippen molar-refractivity contribution >= 4 is 27.5 Å². The fourth-order valence-electron chi connectivity index (χ4n) is 3.65. The van der Waals surface area contributed by atoms with E-state index < -0.39 is 10.0 Å². The molecule has 1 unspecified atom stereocenters. The van der Waals surface area contributed by atoms with Crippen LogP contribution in [0, 0.1) is 0 Å². The maximum Gasteiger partial charge on any atom is 0.253 e. The molecule has 8 heteroatoms. The number of nitrogens with zero attached hydrogens (tertiary/aromatic N) is 3. The topological polar surface area (TPSA) is 78.0 Å². The van der Waals surface area contributed by atoms with E-state index in [1.807, 2.05) is 6.92 Å². The molecule has 136 valence electrons. The Hall–Kier alpha value is -2.09. The summed E-state index contributed by atoms with van der Waals surface area (Å²) in [6.45, 7) is 5.52. The van der Waals surface area contributed by atoms with Crippen molar-refractivity contribution in [3.05, 3.63) is 29.3 Å². The summed E-state index contributed by atoms with van der Waals surface area (Å²) >= 11 is 0. The highest BCUT2D eigenvalue weighted by Gasteiger charge is 2.33. The van der Waals surface area contributed by atoms with Gasteiger partial charge in [0.1, 0.15) is 0 Å². The van der Waals surface area contributed by atoms with Gasteiger partial charge in [0.25, 0.3) is 5.91 Å². The first-order valence-corrected chi connectivity index (χ1v) is 10.2. The fraction of sp³-hybridized carbons (Fsp3) is 0.529. The summed E-state index contributed by atoms with van der Waals surface area (Å²) < 4.78 is 25.4. The van der Waals surface area contributed by atoms with Crippen LogP contribution in [0.2, 0.25) is 0 Å². The van der Waals surface area contributed by atoms with E-state index in [1.54, 1.807) is 28.0 Å². The van der Waals surface area contributed by atoms with Crippen LogP contribution in [0.3, 0.4) is 0 Å². The van der Waals surface area contributed by atoms with E-state index in [2.05, 4.69) is 0 Å². The van der Waals surface area contributed by atoms with Gasteiger partial charge in [-0.15, -0.1) is 0 Å². The predicted octanol–water partition coefficient (Wildman–Crippen LogP) is 0.702. The summed E-state index contributed by atoms with van der Waals surface area (Å²) in [6, 6.07) is 5.07. The zero-order valence-electron chi connectivity index (χ0n) is 14.7. The number of hydrogen-bond donors (Lipinski definition) is 0. The highest BCUT2D eigenvalue weighted by molar-refractivity contribution is 7.92. The molecule has 1 aromatic rings. The third-order valence-electron chi connectivity index (χ3n) is 4.85. The maximum atomic E-state index is 12.7. The number of anilines is 1. The third kappa shape index (κ3) is 3.35. The minimum absolute atomic E-state index is 0.0273. The molecule has 7 nitrogen and oxygen atoms in total. The van der Waals surface area contributed by atoms with E-state index in [9.17, 15) is 18.0 Å². The van der Waals surface area contributed by atoms with E-state index in [4.69, 9.17) is 0 Å². The number of carbonyl (C=O) groups is 2. The molecule has 2 heterocycles. The van der Waals surface area contributed by atoms with Gasteiger partial charge in [-0.1, -0.05) is 0 Å². The SMILES string of the molecule is CC(=O)N1CCN(C(=O)c2ccc3c(c2)CC(C)N3S(C)(=O)=O)CC1. The molecule has 0 saturated carbocycles. The van der Waals surface area contributed by atoms with Crippen LogP contribution in [0.1, 0.15) is 29.8 Å². The van der Waals surface area contributed by atoms with Crippen molar-refractivity contribution in [2.75, 3.05) is 36.7 Å². The maximum absolute atomic E-state index is 12.7. The molecule has 2 aliphatic rings. The number of fused-ring (bicyclic) bond motifs is 1. The highest BCUT2D eigenvalue weighted by Crippen LogP contribution is 2.34. The minimum Gasteiger partial charge on any atom is -0.339 e. The normalized spacial score (nSPS) is 20.6. The second-order valence-electron chi connectivity index (χ2n) is 6.75. The molecule has 0 radical (unpaired) electrons. The Labute approximate surface area is 148 Å². The zero-order chi connectivity index (χ0) is 18.4. The summed E-state index contributed by atoms with van der Waals surface area (Å²) in [5, 5.41) is 0. The van der Waals surface area contributed by atoms with E-state index in [0.717, 1.165) is 5.56 Å². The van der Waals surface area contributed by atoms with Crippen LogP contribution in [-0.2, 0) is 21.2 Å².